The van der Waals surface area contributed by atoms with Gasteiger partial charge in [0.2, 0.25) is 17.8 Å². The largest absolute Gasteiger partial charge is 0.344 e. The van der Waals surface area contributed by atoms with Crippen LogP contribution in [-0.2, 0) is 16.0 Å². The Kier molecular flexibility index (Phi) is 9.23. The molecule has 0 saturated carbocycles. The van der Waals surface area contributed by atoms with Crippen molar-refractivity contribution in [3.63, 3.8) is 0 Å². The van der Waals surface area contributed by atoms with Crippen molar-refractivity contribution in [2.45, 2.75) is 49.5 Å². The lowest BCUT2D eigenvalue weighted by Crippen LogP contribution is -2.52. The number of guanidine groups is 1. The number of likely N-dealkylation sites (tertiary alicyclic amines) is 2. The fourth-order valence-corrected chi connectivity index (χ4v) is 4.46. The van der Waals surface area contributed by atoms with Gasteiger partial charge in [0.1, 0.15) is 6.04 Å². The summed E-state index contributed by atoms with van der Waals surface area (Å²) in [6.45, 7) is 2.77. The van der Waals surface area contributed by atoms with E-state index in [9.17, 15) is 9.59 Å². The number of benzene rings is 1. The summed E-state index contributed by atoms with van der Waals surface area (Å²) in [6.07, 6.45) is 9.13. The molecule has 0 aliphatic carbocycles. The van der Waals surface area contributed by atoms with E-state index in [1.165, 1.54) is 10.5 Å². The minimum Gasteiger partial charge on any atom is -0.344 e. The molecule has 2 heterocycles. The Morgan fingerprint density at radius 3 is 2.59 bits per heavy atom. The summed E-state index contributed by atoms with van der Waals surface area (Å²) in [5, 5.41) is 14.8. The van der Waals surface area contributed by atoms with Crippen LogP contribution in [0.4, 0.5) is 0 Å². The number of carbonyl (C=O) groups excluding carboxylic acids is 2. The van der Waals surface area contributed by atoms with E-state index in [0.29, 0.717) is 25.5 Å². The number of carbonyl (C=O) groups is 2. The topological polar surface area (TPSA) is 101 Å². The lowest BCUT2D eigenvalue weighted by atomic mass is 10.1. The van der Waals surface area contributed by atoms with Crippen LogP contribution in [-0.4, -0.2) is 72.6 Å². The summed E-state index contributed by atoms with van der Waals surface area (Å²) in [4.78, 5) is 34.9. The first-order valence-electron chi connectivity index (χ1n) is 11.3. The number of nitrogens with zero attached hydrogens (tertiary/aromatic N) is 4. The number of hydrogen-bond donors (Lipinski definition) is 2. The van der Waals surface area contributed by atoms with Crippen LogP contribution < -0.4 is 10.6 Å². The molecule has 0 aromatic heterocycles. The number of aliphatic imine (C=N–C) groups is 1. The van der Waals surface area contributed by atoms with Gasteiger partial charge in [-0.3, -0.25) is 19.9 Å². The van der Waals surface area contributed by atoms with Crippen LogP contribution in [0, 0.1) is 11.5 Å². The van der Waals surface area contributed by atoms with Crippen molar-refractivity contribution in [1.82, 2.24) is 20.4 Å². The highest BCUT2D eigenvalue weighted by Crippen LogP contribution is 2.16. The molecule has 3 rings (SSSR count). The molecule has 2 saturated heterocycles. The lowest BCUT2D eigenvalue weighted by molar-refractivity contribution is -0.140. The Balaban J connectivity index is 1.58. The molecule has 8 nitrogen and oxygen atoms in total. The zero-order chi connectivity index (χ0) is 22.8. The highest BCUT2D eigenvalue weighted by atomic mass is 32.2. The van der Waals surface area contributed by atoms with Crippen LogP contribution in [0.2, 0.25) is 0 Å². The highest BCUT2D eigenvalue weighted by Gasteiger charge is 2.30. The maximum Gasteiger partial charge on any atom is 0.245 e. The van der Waals surface area contributed by atoms with Gasteiger partial charge in [-0.05, 0) is 62.5 Å². The minimum absolute atomic E-state index is 0.0213. The van der Waals surface area contributed by atoms with E-state index < -0.39 is 6.04 Å². The van der Waals surface area contributed by atoms with Gasteiger partial charge in [-0.2, -0.15) is 5.26 Å². The molecule has 32 heavy (non-hydrogen) atoms. The second-order valence-corrected chi connectivity index (χ2v) is 8.99. The highest BCUT2D eigenvalue weighted by molar-refractivity contribution is 7.98. The molecule has 2 N–H and O–H groups in total. The molecule has 2 amide bonds. The average molecular weight is 457 g/mol. The Morgan fingerprint density at radius 1 is 1.19 bits per heavy atom. The monoisotopic (exact) mass is 456 g/mol. The van der Waals surface area contributed by atoms with Crippen LogP contribution in [0.5, 0.6) is 0 Å². The molecular weight excluding hydrogens is 424 g/mol. The van der Waals surface area contributed by atoms with Gasteiger partial charge in [-0.15, -0.1) is 11.8 Å². The smallest absolute Gasteiger partial charge is 0.245 e. The molecule has 172 valence electrons. The standard InChI is InChI=1S/C23H32N6O2S/c1-32-19-9-7-18(8-10-19)11-12-25-23(26-17-24)27-20-6-2-3-15-29(22(20)31)16-21(30)28-13-4-5-14-28/h7-10,20H,2-6,11-16H2,1H3,(H2,25,26,27). The van der Waals surface area contributed by atoms with Gasteiger partial charge >= 0.3 is 0 Å². The summed E-state index contributed by atoms with van der Waals surface area (Å²) >= 11 is 1.70. The van der Waals surface area contributed by atoms with E-state index in [1.807, 2.05) is 17.3 Å². The second kappa shape index (κ2) is 12.3. The van der Waals surface area contributed by atoms with Crippen molar-refractivity contribution in [3.8, 4) is 6.19 Å². The third-order valence-corrected chi connectivity index (χ3v) is 6.62. The van der Waals surface area contributed by atoms with Crippen LogP contribution in [0.3, 0.4) is 0 Å². The number of thioether (sulfide) groups is 1. The second-order valence-electron chi connectivity index (χ2n) is 8.11. The zero-order valence-corrected chi connectivity index (χ0v) is 19.5. The normalized spacial score (nSPS) is 19.4. The van der Waals surface area contributed by atoms with Crippen molar-refractivity contribution in [2.24, 2.45) is 4.99 Å². The summed E-state index contributed by atoms with van der Waals surface area (Å²) in [6, 6.07) is 7.83. The molecule has 9 heteroatoms. The summed E-state index contributed by atoms with van der Waals surface area (Å²) in [5.41, 5.74) is 1.17. The first kappa shape index (κ1) is 23.9. The van der Waals surface area contributed by atoms with Crippen LogP contribution in [0.15, 0.2) is 34.2 Å². The van der Waals surface area contributed by atoms with E-state index in [4.69, 9.17) is 5.26 Å². The van der Waals surface area contributed by atoms with Gasteiger partial charge in [-0.25, -0.2) is 0 Å². The number of hydrogen-bond acceptors (Lipinski definition) is 5. The van der Waals surface area contributed by atoms with Gasteiger partial charge in [0.15, 0.2) is 6.19 Å². The molecular formula is C23H32N6O2S. The van der Waals surface area contributed by atoms with E-state index in [1.54, 1.807) is 16.7 Å². The van der Waals surface area contributed by atoms with Crippen LogP contribution in [0.25, 0.3) is 0 Å². The third kappa shape index (κ3) is 6.89. The molecule has 2 aliphatic heterocycles. The number of nitrogens with one attached hydrogen (secondary N) is 2. The summed E-state index contributed by atoms with van der Waals surface area (Å²) in [5.74, 6) is 0.225. The Hall–Kier alpha value is -2.73. The number of rotatable bonds is 7. The predicted octanol–water partition coefficient (Wildman–Crippen LogP) is 1.97. The summed E-state index contributed by atoms with van der Waals surface area (Å²) in [7, 11) is 0. The van der Waals surface area contributed by atoms with E-state index in [0.717, 1.165) is 45.2 Å². The summed E-state index contributed by atoms with van der Waals surface area (Å²) < 4.78 is 0. The molecule has 1 aromatic rings. The van der Waals surface area contributed by atoms with E-state index in [2.05, 4.69) is 39.9 Å². The van der Waals surface area contributed by atoms with Crippen LogP contribution in [0.1, 0.15) is 37.7 Å². The molecule has 2 fully saturated rings. The zero-order valence-electron chi connectivity index (χ0n) is 18.7. The van der Waals surface area contributed by atoms with Crippen molar-refractivity contribution >= 4 is 29.5 Å². The van der Waals surface area contributed by atoms with Crippen molar-refractivity contribution < 1.29 is 9.59 Å². The van der Waals surface area contributed by atoms with Gasteiger partial charge in [0, 0.05) is 31.1 Å². The maximum atomic E-state index is 13.1. The third-order valence-electron chi connectivity index (χ3n) is 5.88. The molecule has 1 unspecified atom stereocenters. The van der Waals surface area contributed by atoms with E-state index in [-0.39, 0.29) is 18.4 Å². The lowest BCUT2D eigenvalue weighted by Gasteiger charge is -2.27. The van der Waals surface area contributed by atoms with Crippen molar-refractivity contribution in [1.29, 1.82) is 5.26 Å². The first-order valence-corrected chi connectivity index (χ1v) is 12.5. The van der Waals surface area contributed by atoms with E-state index >= 15 is 0 Å². The maximum absolute atomic E-state index is 13.1. The molecule has 2 aliphatic rings. The predicted molar refractivity (Wildman–Crippen MR) is 126 cm³/mol. The molecule has 1 atom stereocenters. The molecule has 0 radical (unpaired) electrons. The van der Waals surface area contributed by atoms with Gasteiger partial charge in [-0.1, -0.05) is 12.1 Å². The van der Waals surface area contributed by atoms with Gasteiger partial charge in [0.25, 0.3) is 0 Å². The number of nitriles is 1. The fourth-order valence-electron chi connectivity index (χ4n) is 4.05. The number of amides is 2. The quantitative estimate of drug-likeness (QED) is 0.214. The van der Waals surface area contributed by atoms with Crippen LogP contribution >= 0.6 is 11.8 Å². The van der Waals surface area contributed by atoms with Gasteiger partial charge < -0.3 is 15.1 Å². The molecule has 0 bridgehead atoms. The first-order chi connectivity index (χ1) is 15.6. The van der Waals surface area contributed by atoms with Crippen molar-refractivity contribution in [3.05, 3.63) is 29.8 Å². The SMILES string of the molecule is CSc1ccc(CCN=C(NC#N)NC2CCCCN(CC(=O)N3CCCC3)C2=O)cc1. The molecule has 1 aromatic carbocycles. The molecule has 0 spiro atoms. The van der Waals surface area contributed by atoms with Crippen molar-refractivity contribution in [2.75, 3.05) is 39.0 Å². The Morgan fingerprint density at radius 2 is 1.91 bits per heavy atom. The minimum atomic E-state index is -0.496. The Labute approximate surface area is 194 Å². The van der Waals surface area contributed by atoms with Gasteiger partial charge in [0.05, 0.1) is 6.54 Å². The average Bonchev–Trinajstić information content (AvgIpc) is 3.30. The fraction of sp³-hybridized carbons (Fsp3) is 0.565. The Bertz CT molecular complexity index is 845.